The summed E-state index contributed by atoms with van der Waals surface area (Å²) in [6, 6.07) is 5.17. The number of fused-ring (bicyclic) bond motifs is 1. The molecule has 11 nitrogen and oxygen atoms in total. The van der Waals surface area contributed by atoms with Gasteiger partial charge in [0, 0.05) is 28.3 Å². The molecule has 0 aliphatic carbocycles. The van der Waals surface area contributed by atoms with Gasteiger partial charge in [-0.3, -0.25) is 19.7 Å². The van der Waals surface area contributed by atoms with Crippen LogP contribution in [0.5, 0.6) is 0 Å². The second-order valence-corrected chi connectivity index (χ2v) is 10.1. The van der Waals surface area contributed by atoms with Crippen LogP contribution in [0.25, 0.3) is 0 Å². The van der Waals surface area contributed by atoms with Crippen LogP contribution in [-0.2, 0) is 20.9 Å². The number of rotatable bonds is 8. The summed E-state index contributed by atoms with van der Waals surface area (Å²) in [7, 11) is 0. The van der Waals surface area contributed by atoms with Crippen molar-refractivity contribution in [3.8, 4) is 0 Å². The van der Waals surface area contributed by atoms with Gasteiger partial charge in [0.25, 0.3) is 11.6 Å². The zero-order valence-corrected chi connectivity index (χ0v) is 19.7. The number of primary amides is 1. The predicted octanol–water partition coefficient (Wildman–Crippen LogP) is 2.05. The Labute approximate surface area is 201 Å². The summed E-state index contributed by atoms with van der Waals surface area (Å²) in [6.07, 6.45) is -0.890. The van der Waals surface area contributed by atoms with Gasteiger partial charge in [-0.15, -0.1) is 11.3 Å². The van der Waals surface area contributed by atoms with Gasteiger partial charge in [0.15, 0.2) is 4.34 Å². The van der Waals surface area contributed by atoms with Gasteiger partial charge in [0.2, 0.25) is 5.91 Å². The summed E-state index contributed by atoms with van der Waals surface area (Å²) in [6.45, 7) is 3.23. The van der Waals surface area contributed by atoms with Gasteiger partial charge in [-0.25, -0.2) is 9.78 Å². The first-order valence-electron chi connectivity index (χ1n) is 10.2. The number of nitro groups is 1. The lowest BCUT2D eigenvalue weighted by Gasteiger charge is -2.46. The highest BCUT2D eigenvalue weighted by atomic mass is 32.2. The van der Waals surface area contributed by atoms with Crippen molar-refractivity contribution >= 4 is 46.6 Å². The largest absolute Gasteiger partial charge is 0.456 e. The molecule has 13 heteroatoms. The zero-order chi connectivity index (χ0) is 24.7. The molecule has 2 amide bonds. The molecule has 2 aromatic rings. The van der Waals surface area contributed by atoms with Crippen LogP contribution in [0.15, 0.2) is 44.6 Å². The highest BCUT2D eigenvalue weighted by Crippen LogP contribution is 2.52. The molecular weight excluding hydrogens is 484 g/mol. The van der Waals surface area contributed by atoms with Gasteiger partial charge in [0.05, 0.1) is 23.0 Å². The maximum atomic E-state index is 13.1. The molecule has 0 bridgehead atoms. The van der Waals surface area contributed by atoms with Gasteiger partial charge in [-0.1, -0.05) is 18.7 Å². The number of aliphatic hydroxyl groups is 1. The number of esters is 1. The number of nitro benzene ring substituents is 1. The summed E-state index contributed by atoms with van der Waals surface area (Å²) in [5, 5.41) is 22.4. The highest BCUT2D eigenvalue weighted by Gasteiger charge is 2.60. The summed E-state index contributed by atoms with van der Waals surface area (Å²) >= 11 is 2.33. The molecule has 0 spiro atoms. The number of amides is 2. The molecule has 1 saturated heterocycles. The quantitative estimate of drug-likeness (QED) is 0.237. The molecule has 34 heavy (non-hydrogen) atoms. The highest BCUT2D eigenvalue weighted by molar-refractivity contribution is 8.04. The van der Waals surface area contributed by atoms with Crippen molar-refractivity contribution in [1.29, 1.82) is 0 Å². The van der Waals surface area contributed by atoms with E-state index in [0.29, 0.717) is 14.8 Å². The van der Waals surface area contributed by atoms with Crippen molar-refractivity contribution < 1.29 is 29.2 Å². The summed E-state index contributed by atoms with van der Waals surface area (Å²) in [4.78, 5) is 53.7. The Morgan fingerprint density at radius 2 is 2.06 bits per heavy atom. The Morgan fingerprint density at radius 3 is 2.62 bits per heavy atom. The molecule has 0 unspecified atom stereocenters. The van der Waals surface area contributed by atoms with Crippen LogP contribution in [0.3, 0.4) is 0 Å². The summed E-state index contributed by atoms with van der Waals surface area (Å²) in [5.41, 5.74) is 5.90. The number of carbonyl (C=O) groups is 3. The van der Waals surface area contributed by atoms with E-state index in [-0.39, 0.29) is 35.5 Å². The van der Waals surface area contributed by atoms with Gasteiger partial charge in [-0.2, -0.15) is 0 Å². The van der Waals surface area contributed by atoms with Gasteiger partial charge in [-0.05, 0) is 24.6 Å². The second-order valence-electron chi connectivity index (χ2n) is 7.93. The Morgan fingerprint density at radius 1 is 1.38 bits per heavy atom. The fraction of sp³-hybridized carbons (Fsp3) is 0.333. The lowest BCUT2D eigenvalue weighted by Crippen LogP contribution is -2.63. The number of non-ortho nitro benzene ring substituents is 1. The maximum Gasteiger partial charge on any atom is 0.356 e. The molecule has 3 heterocycles. The smallest absolute Gasteiger partial charge is 0.356 e. The maximum absolute atomic E-state index is 13.1. The molecule has 2 aliphatic rings. The number of thioether (sulfide) groups is 1. The molecule has 1 fully saturated rings. The molecule has 4 rings (SSSR count). The Hall–Kier alpha value is -3.29. The van der Waals surface area contributed by atoms with E-state index in [9.17, 15) is 29.6 Å². The van der Waals surface area contributed by atoms with E-state index in [1.165, 1.54) is 52.8 Å². The number of β-lactam (4-membered cyclic amide) rings is 1. The monoisotopic (exact) mass is 504 g/mol. The molecule has 0 saturated carbocycles. The van der Waals surface area contributed by atoms with Crippen molar-refractivity contribution in [2.75, 3.05) is 0 Å². The van der Waals surface area contributed by atoms with Crippen LogP contribution < -0.4 is 5.73 Å². The average Bonchev–Trinajstić information content (AvgIpc) is 3.34. The van der Waals surface area contributed by atoms with Crippen LogP contribution in [0.4, 0.5) is 5.69 Å². The number of aliphatic hydroxyl groups excluding tert-OH is 1. The lowest BCUT2D eigenvalue weighted by molar-refractivity contribution is -0.384. The lowest BCUT2D eigenvalue weighted by atomic mass is 9.79. The van der Waals surface area contributed by atoms with E-state index < -0.39 is 34.9 Å². The number of carbonyl (C=O) groups excluding carboxylic acids is 3. The van der Waals surface area contributed by atoms with Crippen LogP contribution in [0, 0.1) is 22.0 Å². The summed E-state index contributed by atoms with van der Waals surface area (Å²) < 4.78 is 5.91. The standard InChI is InChI=1S/C21H20N4O7S2/c1-9-15-14(10(2)26)19(28)24(15)16(17(9)34-21-23-13(8-33-21)18(22)27)20(29)32-7-11-3-5-12(6-4-11)25(30)31/h3-6,8-10,14-15,26H,7H2,1-2H3,(H2,22,27)/t9-,10-,14-,15-/m1/s1. The van der Waals surface area contributed by atoms with Crippen molar-refractivity contribution in [3.05, 3.63) is 61.6 Å². The van der Waals surface area contributed by atoms with E-state index in [2.05, 4.69) is 4.98 Å². The number of aromatic nitrogens is 1. The Bertz CT molecular complexity index is 1210. The van der Waals surface area contributed by atoms with Gasteiger partial charge >= 0.3 is 5.97 Å². The third-order valence-corrected chi connectivity index (χ3v) is 7.98. The second kappa shape index (κ2) is 9.16. The molecule has 1 aromatic heterocycles. The first-order valence-corrected chi connectivity index (χ1v) is 11.9. The van der Waals surface area contributed by atoms with E-state index in [1.54, 1.807) is 0 Å². The predicted molar refractivity (Wildman–Crippen MR) is 121 cm³/mol. The van der Waals surface area contributed by atoms with E-state index in [1.807, 2.05) is 6.92 Å². The molecular formula is C21H20N4O7S2. The first kappa shape index (κ1) is 23.9. The van der Waals surface area contributed by atoms with Crippen molar-refractivity contribution in [3.63, 3.8) is 0 Å². The van der Waals surface area contributed by atoms with Crippen LogP contribution in [0.2, 0.25) is 0 Å². The number of nitrogens with two attached hydrogens (primary N) is 1. The minimum Gasteiger partial charge on any atom is -0.456 e. The Kier molecular flexibility index (Phi) is 6.43. The molecule has 3 N–H and O–H groups in total. The number of ether oxygens (including phenoxy) is 1. The average molecular weight is 505 g/mol. The van der Waals surface area contributed by atoms with E-state index in [4.69, 9.17) is 10.5 Å². The SMILES string of the molecule is C[C@@H](O)[C@H]1C(=O)N2C(C(=O)OCc3ccc([N+](=O)[O-])cc3)=C(Sc3nc(C(N)=O)cs3)[C@H](C)[C@H]12. The normalized spacial score (nSPS) is 22.3. The minimum atomic E-state index is -0.890. The topological polar surface area (TPSA) is 166 Å². The molecule has 0 radical (unpaired) electrons. The van der Waals surface area contributed by atoms with Crippen molar-refractivity contribution in [1.82, 2.24) is 9.88 Å². The summed E-state index contributed by atoms with van der Waals surface area (Å²) in [5.74, 6) is -2.72. The molecule has 4 atom stereocenters. The first-order chi connectivity index (χ1) is 16.1. The fourth-order valence-electron chi connectivity index (χ4n) is 4.09. The number of thiazole rings is 1. The van der Waals surface area contributed by atoms with Gasteiger partial charge in [0.1, 0.15) is 18.0 Å². The molecule has 2 aliphatic heterocycles. The van der Waals surface area contributed by atoms with Crippen molar-refractivity contribution in [2.45, 2.75) is 36.9 Å². The number of nitrogens with zero attached hydrogens (tertiary/aromatic N) is 3. The molecule has 178 valence electrons. The van der Waals surface area contributed by atoms with Crippen LogP contribution in [0.1, 0.15) is 29.9 Å². The number of hydrogen-bond donors (Lipinski definition) is 2. The van der Waals surface area contributed by atoms with Crippen LogP contribution in [-0.4, -0.2) is 49.8 Å². The molecule has 1 aromatic carbocycles. The Balaban J connectivity index is 1.60. The van der Waals surface area contributed by atoms with Gasteiger partial charge < -0.3 is 20.5 Å². The third kappa shape index (κ3) is 4.17. The van der Waals surface area contributed by atoms with E-state index >= 15 is 0 Å². The fourth-order valence-corrected chi connectivity index (χ4v) is 6.16. The van der Waals surface area contributed by atoms with Crippen LogP contribution >= 0.6 is 23.1 Å². The minimum absolute atomic E-state index is 0.0714. The number of benzene rings is 1. The number of hydrogen-bond acceptors (Lipinski definition) is 10. The van der Waals surface area contributed by atoms with Crippen molar-refractivity contribution in [2.24, 2.45) is 17.6 Å². The zero-order valence-electron chi connectivity index (χ0n) is 18.0. The third-order valence-electron chi connectivity index (χ3n) is 5.75. The van der Waals surface area contributed by atoms with E-state index in [0.717, 1.165) is 11.8 Å².